The molecule has 1 saturated heterocycles. The number of nitrogens with one attached hydrogen (secondary N) is 2. The maximum Gasteiger partial charge on any atom is 0.279 e. The summed E-state index contributed by atoms with van der Waals surface area (Å²) in [5, 5.41) is 10.8. The second-order valence-electron chi connectivity index (χ2n) is 11.1. The molecule has 0 unspecified atom stereocenters. The summed E-state index contributed by atoms with van der Waals surface area (Å²) < 4.78 is 18.0. The van der Waals surface area contributed by atoms with Crippen molar-refractivity contribution < 1.29 is 9.18 Å². The van der Waals surface area contributed by atoms with Crippen LogP contribution in [0.4, 0.5) is 10.1 Å². The number of benzene rings is 1. The molecule has 2 N–H and O–H groups in total. The van der Waals surface area contributed by atoms with Gasteiger partial charge >= 0.3 is 0 Å². The molecule has 5 aliphatic rings. The van der Waals surface area contributed by atoms with Crippen LogP contribution in [0.5, 0.6) is 0 Å². The van der Waals surface area contributed by atoms with E-state index >= 15 is 0 Å². The zero-order valence-corrected chi connectivity index (χ0v) is 21.5. The Kier molecular flexibility index (Phi) is 4.47. The molecule has 8 rings (SSSR count). The van der Waals surface area contributed by atoms with Crippen molar-refractivity contribution in [1.29, 1.82) is 0 Å². The minimum Gasteiger partial charge on any atom is -0.324 e. The molecule has 8 nitrogen and oxygen atoms in total. The van der Waals surface area contributed by atoms with Crippen molar-refractivity contribution in [2.75, 3.05) is 11.9 Å². The molecule has 4 aliphatic carbocycles. The molecule has 3 fully saturated rings. The highest BCUT2D eigenvalue weighted by molar-refractivity contribution is 9.10. The minimum atomic E-state index is -0.330. The summed E-state index contributed by atoms with van der Waals surface area (Å²) in [6.45, 7) is 0.767. The molecular weight excluding hydrogens is 539 g/mol. The SMILES string of the molecule is O=C(Cn1c2c(c(=O)n3nc(Br)nc13)[C@]1(CCN[C@H]3CC[C@H]31)[C@@H]1C#C[C@H]21)Nc1ccc(C2CC2)c(F)c1. The maximum atomic E-state index is 14.6. The van der Waals surface area contributed by atoms with Crippen LogP contribution in [0.1, 0.15) is 60.8 Å². The van der Waals surface area contributed by atoms with E-state index in [1.165, 1.54) is 10.6 Å². The standard InChI is InChI=1S/C27H24BrFN6O2/c28-25-32-26-34(12-21(36)31-14-3-4-15(13-1-2-13)19(29)11-14)23-16-5-6-17(16)27(22(23)24(37)35(26)33-25)9-10-30-20-8-7-18(20)27/h3-4,11,13,16-18,20,30H,1-2,7-10,12H2,(H,31,36)/t16-,17+,18+,20-,27+/m0/s1. The van der Waals surface area contributed by atoms with Gasteiger partial charge in [0.2, 0.25) is 16.4 Å². The summed E-state index contributed by atoms with van der Waals surface area (Å²) in [5.74, 6) is 7.01. The molecule has 3 aromatic rings. The molecule has 0 radical (unpaired) electrons. The lowest BCUT2D eigenvalue weighted by molar-refractivity contribution is -0.116. The minimum absolute atomic E-state index is 0.0685. The number of carbonyl (C=O) groups excluding carboxylic acids is 1. The van der Waals surface area contributed by atoms with Gasteiger partial charge in [-0.15, -0.1) is 5.10 Å². The normalized spacial score (nSPS) is 30.5. The smallest absolute Gasteiger partial charge is 0.279 e. The summed E-state index contributed by atoms with van der Waals surface area (Å²) in [4.78, 5) is 31.7. The van der Waals surface area contributed by atoms with Gasteiger partial charge in [0.15, 0.2) is 0 Å². The molecule has 2 saturated carbocycles. The van der Waals surface area contributed by atoms with E-state index in [9.17, 15) is 14.0 Å². The monoisotopic (exact) mass is 562 g/mol. The first kappa shape index (κ1) is 22.0. The lowest BCUT2D eigenvalue weighted by Crippen LogP contribution is -2.62. The fourth-order valence-corrected chi connectivity index (χ4v) is 7.72. The van der Waals surface area contributed by atoms with Gasteiger partial charge in [-0.05, 0) is 84.1 Å². The highest BCUT2D eigenvalue weighted by atomic mass is 79.9. The average Bonchev–Trinajstić information content (AvgIpc) is 3.53. The molecule has 37 heavy (non-hydrogen) atoms. The number of piperidine rings is 1. The molecule has 1 amide bonds. The quantitative estimate of drug-likeness (QED) is 0.477. The second kappa shape index (κ2) is 7.51. The Morgan fingerprint density at radius 2 is 2.14 bits per heavy atom. The number of fused-ring (bicyclic) bond motifs is 8. The molecule has 1 aliphatic heterocycles. The highest BCUT2D eigenvalue weighted by Crippen LogP contribution is 2.62. The topological polar surface area (TPSA) is 93.3 Å². The number of hydrogen-bond donors (Lipinski definition) is 2. The van der Waals surface area contributed by atoms with Crippen molar-refractivity contribution in [3.63, 3.8) is 0 Å². The Bertz CT molecular complexity index is 1650. The molecule has 1 aromatic carbocycles. The lowest BCUT2D eigenvalue weighted by atomic mass is 9.52. The van der Waals surface area contributed by atoms with Crippen LogP contribution in [0.2, 0.25) is 0 Å². The zero-order valence-electron chi connectivity index (χ0n) is 19.9. The molecular formula is C27H24BrFN6O2. The van der Waals surface area contributed by atoms with Gasteiger partial charge in [-0.2, -0.15) is 9.50 Å². The van der Waals surface area contributed by atoms with Gasteiger partial charge < -0.3 is 15.2 Å². The fourth-order valence-electron chi connectivity index (χ4n) is 7.40. The largest absolute Gasteiger partial charge is 0.324 e. The molecule has 0 bridgehead atoms. The van der Waals surface area contributed by atoms with Crippen LogP contribution in [-0.2, 0) is 16.8 Å². The fraction of sp³-hybridized carbons (Fsp3) is 0.481. The van der Waals surface area contributed by atoms with E-state index in [0.717, 1.165) is 49.9 Å². The Hall–Kier alpha value is -3.03. The molecule has 188 valence electrons. The number of anilines is 1. The number of rotatable bonds is 4. The average molecular weight is 563 g/mol. The van der Waals surface area contributed by atoms with Gasteiger partial charge in [0.1, 0.15) is 12.4 Å². The Morgan fingerprint density at radius 1 is 1.27 bits per heavy atom. The molecule has 10 heteroatoms. The van der Waals surface area contributed by atoms with Crippen LogP contribution in [0.15, 0.2) is 27.7 Å². The van der Waals surface area contributed by atoms with Crippen LogP contribution in [0.3, 0.4) is 0 Å². The predicted octanol–water partition coefficient (Wildman–Crippen LogP) is 3.05. The van der Waals surface area contributed by atoms with Crippen molar-refractivity contribution >= 4 is 33.3 Å². The van der Waals surface area contributed by atoms with E-state index in [2.05, 4.69) is 48.5 Å². The van der Waals surface area contributed by atoms with E-state index in [-0.39, 0.29) is 45.8 Å². The first-order valence-electron chi connectivity index (χ1n) is 13.0. The third-order valence-electron chi connectivity index (χ3n) is 9.29. The van der Waals surface area contributed by atoms with E-state index in [4.69, 9.17) is 0 Å². The second-order valence-corrected chi connectivity index (χ2v) is 11.8. The van der Waals surface area contributed by atoms with E-state index in [1.807, 2.05) is 4.57 Å². The van der Waals surface area contributed by atoms with Gasteiger partial charge in [0, 0.05) is 34.3 Å². The van der Waals surface area contributed by atoms with E-state index in [0.29, 0.717) is 34.9 Å². The third kappa shape index (κ3) is 2.93. The van der Waals surface area contributed by atoms with E-state index in [1.54, 1.807) is 12.1 Å². The highest BCUT2D eigenvalue weighted by Gasteiger charge is 2.64. The van der Waals surface area contributed by atoms with Crippen molar-refractivity contribution in [1.82, 2.24) is 24.5 Å². The van der Waals surface area contributed by atoms with Gasteiger partial charge in [-0.3, -0.25) is 9.59 Å². The zero-order chi connectivity index (χ0) is 25.1. The van der Waals surface area contributed by atoms with Crippen LogP contribution >= 0.6 is 15.9 Å². The van der Waals surface area contributed by atoms with Crippen molar-refractivity contribution in [3.8, 4) is 11.8 Å². The molecule has 5 atom stereocenters. The van der Waals surface area contributed by atoms with Crippen molar-refractivity contribution in [3.05, 3.63) is 55.9 Å². The summed E-state index contributed by atoms with van der Waals surface area (Å²) >= 11 is 3.32. The Balaban J connectivity index is 1.23. The van der Waals surface area contributed by atoms with Crippen LogP contribution in [-0.4, -0.2) is 37.7 Å². The van der Waals surface area contributed by atoms with E-state index < -0.39 is 0 Å². The van der Waals surface area contributed by atoms with Gasteiger partial charge in [0.05, 0.1) is 5.92 Å². The number of amides is 1. The molecule has 2 aromatic heterocycles. The Labute approximate surface area is 220 Å². The predicted molar refractivity (Wildman–Crippen MR) is 137 cm³/mol. The van der Waals surface area contributed by atoms with Crippen LogP contribution in [0.25, 0.3) is 5.78 Å². The van der Waals surface area contributed by atoms with Gasteiger partial charge in [-0.25, -0.2) is 4.39 Å². The first-order valence-corrected chi connectivity index (χ1v) is 13.8. The molecule has 3 heterocycles. The summed E-state index contributed by atoms with van der Waals surface area (Å²) in [7, 11) is 0. The Morgan fingerprint density at radius 3 is 2.84 bits per heavy atom. The number of carbonyl (C=O) groups is 1. The first-order chi connectivity index (χ1) is 18.0. The number of nitrogens with zero attached hydrogens (tertiary/aromatic N) is 4. The summed E-state index contributed by atoms with van der Waals surface area (Å²) in [5.41, 5.74) is 2.18. The maximum absolute atomic E-state index is 14.6. The number of aromatic nitrogens is 4. The van der Waals surface area contributed by atoms with Crippen molar-refractivity contribution in [2.24, 2.45) is 11.8 Å². The number of hydrogen-bond acceptors (Lipinski definition) is 5. The van der Waals surface area contributed by atoms with Crippen LogP contribution in [0, 0.1) is 29.5 Å². The number of halogens is 2. The summed E-state index contributed by atoms with van der Waals surface area (Å²) in [6, 6.07) is 5.30. The summed E-state index contributed by atoms with van der Waals surface area (Å²) in [6.07, 6.45) is 5.02. The van der Waals surface area contributed by atoms with Crippen LogP contribution < -0.4 is 16.2 Å². The lowest BCUT2D eigenvalue weighted by Gasteiger charge is -2.55. The molecule has 1 spiro atoms. The van der Waals surface area contributed by atoms with Gasteiger partial charge in [0.25, 0.3) is 5.56 Å². The third-order valence-corrected chi connectivity index (χ3v) is 9.62. The van der Waals surface area contributed by atoms with Gasteiger partial charge in [-0.1, -0.05) is 17.9 Å². The van der Waals surface area contributed by atoms with Crippen molar-refractivity contribution in [2.45, 2.75) is 61.9 Å².